The first-order chi connectivity index (χ1) is 10.1. The van der Waals surface area contributed by atoms with Crippen LogP contribution in [0.3, 0.4) is 0 Å². The van der Waals surface area contributed by atoms with Gasteiger partial charge in [0.15, 0.2) is 0 Å². The summed E-state index contributed by atoms with van der Waals surface area (Å²) in [7, 11) is 0. The Kier molecular flexibility index (Phi) is 4.07. The average Bonchev–Trinajstić information content (AvgIpc) is 2.95. The molecule has 2 heterocycles. The second-order valence-corrected chi connectivity index (χ2v) is 5.45. The summed E-state index contributed by atoms with van der Waals surface area (Å²) in [5.74, 6) is 0.226. The van der Waals surface area contributed by atoms with Crippen molar-refractivity contribution in [1.82, 2.24) is 15.0 Å². The molecule has 0 unspecified atom stereocenters. The van der Waals surface area contributed by atoms with E-state index >= 15 is 0 Å². The van der Waals surface area contributed by atoms with Gasteiger partial charge in [-0.1, -0.05) is 11.6 Å². The highest BCUT2D eigenvalue weighted by molar-refractivity contribution is 6.30. The third kappa shape index (κ3) is 3.33. The Labute approximate surface area is 131 Å². The van der Waals surface area contributed by atoms with Crippen molar-refractivity contribution < 1.29 is 4.39 Å². The van der Waals surface area contributed by atoms with Crippen LogP contribution < -0.4 is 10.2 Å². The summed E-state index contributed by atoms with van der Waals surface area (Å²) in [6.45, 7) is 1.77. The second kappa shape index (κ2) is 5.99. The monoisotopic (exact) mass is 327 g/mol. The topological polar surface area (TPSA) is 53.9 Å². The predicted octanol–water partition coefficient (Wildman–Crippen LogP) is 3.66. The Morgan fingerprint density at radius 2 is 1.86 bits per heavy atom. The standard InChI is InChI=1S/C13H12Cl2FN5/c14-8-3-4-10(9(16)7-8)17-12-18-11(15)19-13(20-12)21-5-1-2-6-21/h3-4,7H,1-2,5-6H2,(H,17,18,19,20). The molecule has 0 saturated carbocycles. The van der Waals surface area contributed by atoms with Crippen LogP contribution in [0.15, 0.2) is 18.2 Å². The molecule has 1 aliphatic heterocycles. The maximum absolute atomic E-state index is 13.8. The van der Waals surface area contributed by atoms with E-state index in [-0.39, 0.29) is 16.9 Å². The average molecular weight is 328 g/mol. The number of rotatable bonds is 3. The highest BCUT2D eigenvalue weighted by Crippen LogP contribution is 2.23. The van der Waals surface area contributed by atoms with Crippen LogP contribution in [0.2, 0.25) is 10.3 Å². The number of nitrogens with zero attached hydrogens (tertiary/aromatic N) is 4. The van der Waals surface area contributed by atoms with Gasteiger partial charge in [-0.05, 0) is 42.6 Å². The van der Waals surface area contributed by atoms with Crippen LogP contribution in [0.1, 0.15) is 12.8 Å². The number of aromatic nitrogens is 3. The Hall–Kier alpha value is -1.66. The van der Waals surface area contributed by atoms with Crippen molar-refractivity contribution in [1.29, 1.82) is 0 Å². The molecular weight excluding hydrogens is 316 g/mol. The van der Waals surface area contributed by atoms with Gasteiger partial charge in [-0.15, -0.1) is 0 Å². The molecule has 0 bridgehead atoms. The Balaban J connectivity index is 1.87. The summed E-state index contributed by atoms with van der Waals surface area (Å²) in [6.07, 6.45) is 2.19. The molecule has 0 spiro atoms. The zero-order valence-electron chi connectivity index (χ0n) is 11.0. The lowest BCUT2D eigenvalue weighted by Gasteiger charge is -2.15. The van der Waals surface area contributed by atoms with E-state index in [2.05, 4.69) is 20.3 Å². The lowest BCUT2D eigenvalue weighted by atomic mass is 10.3. The quantitative estimate of drug-likeness (QED) is 0.932. The predicted molar refractivity (Wildman–Crippen MR) is 81.0 cm³/mol. The van der Waals surface area contributed by atoms with Crippen LogP contribution in [0, 0.1) is 5.82 Å². The molecule has 1 fully saturated rings. The molecule has 21 heavy (non-hydrogen) atoms. The molecular formula is C13H12Cl2FN5. The van der Waals surface area contributed by atoms with Gasteiger partial charge >= 0.3 is 0 Å². The number of hydrogen-bond acceptors (Lipinski definition) is 5. The molecule has 1 aliphatic rings. The van der Waals surface area contributed by atoms with E-state index in [4.69, 9.17) is 23.2 Å². The van der Waals surface area contributed by atoms with E-state index in [9.17, 15) is 4.39 Å². The lowest BCUT2D eigenvalue weighted by molar-refractivity contribution is 0.631. The Bertz CT molecular complexity index is 661. The van der Waals surface area contributed by atoms with Gasteiger partial charge in [0.25, 0.3) is 0 Å². The summed E-state index contributed by atoms with van der Waals surface area (Å²) in [6, 6.07) is 4.32. The minimum atomic E-state index is -0.484. The van der Waals surface area contributed by atoms with Gasteiger partial charge < -0.3 is 10.2 Å². The van der Waals surface area contributed by atoms with E-state index in [0.29, 0.717) is 11.0 Å². The van der Waals surface area contributed by atoms with Gasteiger partial charge in [0.2, 0.25) is 17.2 Å². The molecule has 0 aliphatic carbocycles. The summed E-state index contributed by atoms with van der Waals surface area (Å²) < 4.78 is 13.8. The van der Waals surface area contributed by atoms with Gasteiger partial charge in [0, 0.05) is 18.1 Å². The molecule has 0 amide bonds. The smallest absolute Gasteiger partial charge is 0.233 e. The van der Waals surface area contributed by atoms with E-state index in [1.165, 1.54) is 12.1 Å². The Morgan fingerprint density at radius 1 is 1.10 bits per heavy atom. The Morgan fingerprint density at radius 3 is 2.57 bits per heavy atom. The highest BCUT2D eigenvalue weighted by atomic mass is 35.5. The first kappa shape index (κ1) is 14.3. The molecule has 1 aromatic heterocycles. The molecule has 0 atom stereocenters. The number of nitrogens with one attached hydrogen (secondary N) is 1. The molecule has 8 heteroatoms. The lowest BCUT2D eigenvalue weighted by Crippen LogP contribution is -2.21. The minimum Gasteiger partial charge on any atom is -0.341 e. The minimum absolute atomic E-state index is 0.0729. The first-order valence-corrected chi connectivity index (χ1v) is 7.26. The van der Waals surface area contributed by atoms with E-state index in [1.54, 1.807) is 6.07 Å². The molecule has 2 aromatic rings. The number of hydrogen-bond donors (Lipinski definition) is 1. The van der Waals surface area contributed by atoms with Crippen molar-refractivity contribution in [2.24, 2.45) is 0 Å². The molecule has 1 N–H and O–H groups in total. The van der Waals surface area contributed by atoms with Crippen LogP contribution in [-0.2, 0) is 0 Å². The number of halogens is 3. The van der Waals surface area contributed by atoms with Crippen molar-refractivity contribution in [3.63, 3.8) is 0 Å². The van der Waals surface area contributed by atoms with Gasteiger partial charge in [-0.25, -0.2) is 4.39 Å². The van der Waals surface area contributed by atoms with E-state index in [0.717, 1.165) is 25.9 Å². The molecule has 1 saturated heterocycles. The van der Waals surface area contributed by atoms with E-state index < -0.39 is 5.82 Å². The molecule has 110 valence electrons. The van der Waals surface area contributed by atoms with Crippen molar-refractivity contribution in [2.45, 2.75) is 12.8 Å². The second-order valence-electron chi connectivity index (χ2n) is 4.67. The largest absolute Gasteiger partial charge is 0.341 e. The van der Waals surface area contributed by atoms with Gasteiger partial charge in [0.1, 0.15) is 5.82 Å². The van der Waals surface area contributed by atoms with Crippen LogP contribution in [0.5, 0.6) is 0 Å². The fraction of sp³-hybridized carbons (Fsp3) is 0.308. The SMILES string of the molecule is Fc1cc(Cl)ccc1Nc1nc(Cl)nc(N2CCCC2)n1. The third-order valence-electron chi connectivity index (χ3n) is 3.16. The summed E-state index contributed by atoms with van der Waals surface area (Å²) >= 11 is 11.6. The van der Waals surface area contributed by atoms with Gasteiger partial charge in [0.05, 0.1) is 5.69 Å². The molecule has 0 radical (unpaired) electrons. The van der Waals surface area contributed by atoms with Crippen molar-refractivity contribution >= 4 is 40.8 Å². The molecule has 1 aromatic carbocycles. The number of benzene rings is 1. The van der Waals surface area contributed by atoms with Crippen LogP contribution in [0.25, 0.3) is 0 Å². The summed E-state index contributed by atoms with van der Waals surface area (Å²) in [4.78, 5) is 14.4. The van der Waals surface area contributed by atoms with Crippen molar-refractivity contribution in [3.8, 4) is 0 Å². The third-order valence-corrected chi connectivity index (χ3v) is 3.57. The van der Waals surface area contributed by atoms with Gasteiger partial charge in [-0.2, -0.15) is 15.0 Å². The zero-order chi connectivity index (χ0) is 14.8. The van der Waals surface area contributed by atoms with Gasteiger partial charge in [-0.3, -0.25) is 0 Å². The van der Waals surface area contributed by atoms with Crippen LogP contribution in [0.4, 0.5) is 22.0 Å². The maximum Gasteiger partial charge on any atom is 0.233 e. The fourth-order valence-corrected chi connectivity index (χ4v) is 2.48. The highest BCUT2D eigenvalue weighted by Gasteiger charge is 2.17. The van der Waals surface area contributed by atoms with Crippen LogP contribution in [-0.4, -0.2) is 28.0 Å². The van der Waals surface area contributed by atoms with Crippen molar-refractivity contribution in [2.75, 3.05) is 23.3 Å². The normalized spacial score (nSPS) is 14.5. The summed E-state index contributed by atoms with van der Waals surface area (Å²) in [5.41, 5.74) is 0.231. The molecule has 3 rings (SSSR count). The fourth-order valence-electron chi connectivity index (χ4n) is 2.17. The maximum atomic E-state index is 13.8. The zero-order valence-corrected chi connectivity index (χ0v) is 12.5. The number of anilines is 3. The van der Waals surface area contributed by atoms with Crippen molar-refractivity contribution in [3.05, 3.63) is 34.3 Å². The van der Waals surface area contributed by atoms with Crippen LogP contribution >= 0.6 is 23.2 Å². The first-order valence-electron chi connectivity index (χ1n) is 6.50. The molecule has 5 nitrogen and oxygen atoms in total. The van der Waals surface area contributed by atoms with E-state index in [1.807, 2.05) is 4.90 Å². The summed E-state index contributed by atoms with van der Waals surface area (Å²) in [5, 5.41) is 3.19.